The van der Waals surface area contributed by atoms with Crippen LogP contribution in [0.4, 0.5) is 18.9 Å². The summed E-state index contributed by atoms with van der Waals surface area (Å²) in [5, 5.41) is 9.23. The summed E-state index contributed by atoms with van der Waals surface area (Å²) in [6.07, 6.45) is -4.59. The van der Waals surface area contributed by atoms with Crippen molar-refractivity contribution in [2.75, 3.05) is 4.90 Å². The van der Waals surface area contributed by atoms with Gasteiger partial charge in [0.15, 0.2) is 0 Å². The number of aliphatic hydroxyl groups excluding tert-OH is 1. The van der Waals surface area contributed by atoms with Gasteiger partial charge in [0.1, 0.15) is 11.2 Å². The fraction of sp³-hybridized carbons (Fsp3) is 0.125. The summed E-state index contributed by atoms with van der Waals surface area (Å²) in [5.41, 5.74) is -0.534. The molecular weight excluding hydrogens is 327 g/mol. The van der Waals surface area contributed by atoms with Crippen molar-refractivity contribution >= 4 is 28.7 Å². The van der Waals surface area contributed by atoms with E-state index in [1.807, 2.05) is 0 Å². The van der Waals surface area contributed by atoms with Gasteiger partial charge in [0.05, 0.1) is 29.0 Å². The Morgan fingerprint density at radius 2 is 1.79 bits per heavy atom. The first kappa shape index (κ1) is 14.7. The second kappa shape index (κ2) is 4.57. The van der Waals surface area contributed by atoms with Crippen LogP contribution >= 0.6 is 0 Å². The SMILES string of the molecule is O=C1c2c(c3oc2cc3CO)C(=O)N1c1cccc(C(F)(F)F)c1. The predicted molar refractivity (Wildman–Crippen MR) is 75.9 cm³/mol. The molecule has 0 radical (unpaired) electrons. The van der Waals surface area contributed by atoms with Crippen LogP contribution in [-0.2, 0) is 12.8 Å². The van der Waals surface area contributed by atoms with Crippen molar-refractivity contribution in [1.82, 2.24) is 0 Å². The molecule has 8 heteroatoms. The van der Waals surface area contributed by atoms with E-state index < -0.39 is 23.6 Å². The molecule has 1 aliphatic heterocycles. The Balaban J connectivity index is 1.83. The number of furan rings is 2. The van der Waals surface area contributed by atoms with Gasteiger partial charge in [-0.05, 0) is 24.3 Å². The molecule has 1 aliphatic rings. The van der Waals surface area contributed by atoms with Crippen LogP contribution in [0, 0.1) is 0 Å². The zero-order chi connectivity index (χ0) is 17.2. The molecule has 0 spiro atoms. The molecule has 0 aliphatic carbocycles. The van der Waals surface area contributed by atoms with E-state index in [1.54, 1.807) is 0 Å². The molecule has 0 saturated heterocycles. The Hall–Kier alpha value is -2.87. The second-order valence-corrected chi connectivity index (χ2v) is 5.37. The van der Waals surface area contributed by atoms with E-state index in [2.05, 4.69) is 0 Å². The van der Waals surface area contributed by atoms with E-state index in [0.29, 0.717) is 10.5 Å². The third-order valence-corrected chi connectivity index (χ3v) is 3.97. The minimum Gasteiger partial charge on any atom is -0.455 e. The van der Waals surface area contributed by atoms with Crippen LogP contribution in [0.5, 0.6) is 0 Å². The minimum absolute atomic E-state index is 0.0149. The molecule has 4 rings (SSSR count). The van der Waals surface area contributed by atoms with Gasteiger partial charge in [-0.25, -0.2) is 4.90 Å². The highest BCUT2D eigenvalue weighted by Gasteiger charge is 2.44. The maximum atomic E-state index is 12.8. The van der Waals surface area contributed by atoms with E-state index in [4.69, 9.17) is 4.42 Å². The average Bonchev–Trinajstić information content (AvgIpc) is 3.18. The lowest BCUT2D eigenvalue weighted by molar-refractivity contribution is -0.137. The van der Waals surface area contributed by atoms with Gasteiger partial charge in [0, 0.05) is 5.56 Å². The molecule has 3 aromatic rings. The number of hydrogen-bond donors (Lipinski definition) is 1. The lowest BCUT2D eigenvalue weighted by atomic mass is 10.1. The first-order valence-corrected chi connectivity index (χ1v) is 6.87. The third kappa shape index (κ3) is 1.80. The number of hydrogen-bond acceptors (Lipinski definition) is 4. The summed E-state index contributed by atoms with van der Waals surface area (Å²) in [6.45, 7) is -0.374. The molecule has 1 N–H and O–H groups in total. The van der Waals surface area contributed by atoms with Crippen LogP contribution in [0.25, 0.3) is 11.2 Å². The third-order valence-electron chi connectivity index (χ3n) is 3.97. The predicted octanol–water partition coefficient (Wildman–Crippen LogP) is 3.18. The number of carbonyl (C=O) groups excluding carboxylic acids is 2. The van der Waals surface area contributed by atoms with Crippen LogP contribution in [0.1, 0.15) is 31.8 Å². The average molecular weight is 335 g/mol. The first-order chi connectivity index (χ1) is 11.3. The van der Waals surface area contributed by atoms with Crippen LogP contribution < -0.4 is 4.90 Å². The Morgan fingerprint density at radius 3 is 2.46 bits per heavy atom. The number of alkyl halides is 3. The Labute approximate surface area is 132 Å². The van der Waals surface area contributed by atoms with E-state index in [-0.39, 0.29) is 34.6 Å². The molecular formula is C16H8F3NO4. The number of rotatable bonds is 2. The molecule has 2 bridgehead atoms. The number of carbonyl (C=O) groups is 2. The Bertz CT molecular complexity index is 989. The molecule has 0 fully saturated rings. The molecule has 0 atom stereocenters. The van der Waals surface area contributed by atoms with Crippen molar-refractivity contribution in [2.24, 2.45) is 0 Å². The maximum absolute atomic E-state index is 12.8. The number of fused-ring (bicyclic) bond motifs is 5. The maximum Gasteiger partial charge on any atom is 0.416 e. The molecule has 5 nitrogen and oxygen atoms in total. The molecule has 2 amide bonds. The summed E-state index contributed by atoms with van der Waals surface area (Å²) in [5.74, 6) is -1.51. The molecule has 2 aromatic heterocycles. The highest BCUT2D eigenvalue weighted by Crippen LogP contribution is 2.41. The Morgan fingerprint density at radius 1 is 1.08 bits per heavy atom. The summed E-state index contributed by atoms with van der Waals surface area (Å²) >= 11 is 0. The summed E-state index contributed by atoms with van der Waals surface area (Å²) in [7, 11) is 0. The Kier molecular flexibility index (Phi) is 2.80. The van der Waals surface area contributed by atoms with Gasteiger partial charge in [-0.2, -0.15) is 13.2 Å². The van der Waals surface area contributed by atoms with Crippen molar-refractivity contribution in [3.8, 4) is 0 Å². The van der Waals surface area contributed by atoms with E-state index >= 15 is 0 Å². The van der Waals surface area contributed by atoms with E-state index in [9.17, 15) is 27.9 Å². The van der Waals surface area contributed by atoms with Crippen molar-refractivity contribution < 1.29 is 32.3 Å². The monoisotopic (exact) mass is 335 g/mol. The number of halogens is 3. The number of anilines is 1. The normalized spacial score (nSPS) is 14.9. The quantitative estimate of drug-likeness (QED) is 0.730. The molecule has 0 saturated carbocycles. The smallest absolute Gasteiger partial charge is 0.416 e. The van der Waals surface area contributed by atoms with E-state index in [0.717, 1.165) is 18.2 Å². The number of aliphatic hydroxyl groups is 1. The molecule has 3 heterocycles. The zero-order valence-corrected chi connectivity index (χ0v) is 11.8. The largest absolute Gasteiger partial charge is 0.455 e. The summed E-state index contributed by atoms with van der Waals surface area (Å²) in [6, 6.07) is 5.43. The highest BCUT2D eigenvalue weighted by molar-refractivity contribution is 6.39. The van der Waals surface area contributed by atoms with Gasteiger partial charge in [0.2, 0.25) is 0 Å². The van der Waals surface area contributed by atoms with E-state index in [1.165, 1.54) is 12.1 Å². The summed E-state index contributed by atoms with van der Waals surface area (Å²) in [4.78, 5) is 25.7. The van der Waals surface area contributed by atoms with Crippen LogP contribution in [0.2, 0.25) is 0 Å². The van der Waals surface area contributed by atoms with Crippen molar-refractivity contribution in [3.05, 3.63) is 52.6 Å². The lowest BCUT2D eigenvalue weighted by Crippen LogP contribution is -2.29. The van der Waals surface area contributed by atoms with Gasteiger partial charge in [-0.15, -0.1) is 0 Å². The van der Waals surface area contributed by atoms with Gasteiger partial charge in [-0.3, -0.25) is 9.59 Å². The second-order valence-electron chi connectivity index (χ2n) is 5.37. The summed E-state index contributed by atoms with van der Waals surface area (Å²) < 4.78 is 43.8. The number of nitrogens with zero attached hydrogens (tertiary/aromatic N) is 1. The molecule has 24 heavy (non-hydrogen) atoms. The molecule has 1 aromatic carbocycles. The fourth-order valence-corrected chi connectivity index (χ4v) is 2.91. The number of amides is 2. The van der Waals surface area contributed by atoms with Gasteiger partial charge >= 0.3 is 6.18 Å². The number of imide groups is 1. The van der Waals surface area contributed by atoms with Gasteiger partial charge in [-0.1, -0.05) is 6.07 Å². The molecule has 0 unspecified atom stereocenters. The number of benzene rings is 2. The minimum atomic E-state index is -4.59. The zero-order valence-electron chi connectivity index (χ0n) is 11.8. The van der Waals surface area contributed by atoms with Crippen LogP contribution in [-0.4, -0.2) is 16.9 Å². The van der Waals surface area contributed by atoms with Crippen molar-refractivity contribution in [3.63, 3.8) is 0 Å². The van der Waals surface area contributed by atoms with Gasteiger partial charge < -0.3 is 9.52 Å². The van der Waals surface area contributed by atoms with Crippen LogP contribution in [0.15, 0.2) is 34.7 Å². The topological polar surface area (TPSA) is 70.7 Å². The van der Waals surface area contributed by atoms with Gasteiger partial charge in [0.25, 0.3) is 11.8 Å². The fourth-order valence-electron chi connectivity index (χ4n) is 2.91. The van der Waals surface area contributed by atoms with Crippen LogP contribution in [0.3, 0.4) is 0 Å². The highest BCUT2D eigenvalue weighted by atomic mass is 19.4. The first-order valence-electron chi connectivity index (χ1n) is 6.87. The molecule has 122 valence electrons. The van der Waals surface area contributed by atoms with Crippen molar-refractivity contribution in [1.29, 1.82) is 0 Å². The standard InChI is InChI=1S/C16H8F3NO4/c17-16(18,19)8-2-1-3-9(5-8)20-14(22)11-10-4-7(6-21)13(24-10)12(11)15(20)23/h1-5,21H,6H2. The van der Waals surface area contributed by atoms with Crippen molar-refractivity contribution in [2.45, 2.75) is 12.8 Å². The lowest BCUT2D eigenvalue weighted by Gasteiger charge is -2.16.